The number of carbonyl (C=O) groups excluding carboxylic acids is 2. The van der Waals surface area contributed by atoms with Crippen molar-refractivity contribution >= 4 is 22.7 Å². The number of aliphatic hydroxyl groups excluding tert-OH is 1. The molecule has 8 heteroatoms. The molecule has 0 bridgehead atoms. The molecule has 3 aromatic rings. The van der Waals surface area contributed by atoms with Crippen molar-refractivity contribution in [3.63, 3.8) is 0 Å². The average Bonchev–Trinajstić information content (AvgIpc) is 3.22. The van der Waals surface area contributed by atoms with Gasteiger partial charge in [-0.2, -0.15) is 0 Å². The molecule has 8 nitrogen and oxygen atoms in total. The van der Waals surface area contributed by atoms with Crippen LogP contribution in [0.2, 0.25) is 0 Å². The van der Waals surface area contributed by atoms with Crippen LogP contribution in [-0.4, -0.2) is 43.2 Å². The van der Waals surface area contributed by atoms with Gasteiger partial charge in [0.2, 0.25) is 5.91 Å². The highest BCUT2D eigenvalue weighted by atomic mass is 16.3. The number of fused-ring (bicyclic) bond motifs is 2. The molecule has 1 aliphatic heterocycles. The molecule has 0 spiro atoms. The smallest absolute Gasteiger partial charge is 0.227 e. The van der Waals surface area contributed by atoms with Crippen molar-refractivity contribution in [2.24, 2.45) is 0 Å². The second-order valence-electron chi connectivity index (χ2n) is 6.82. The molecule has 0 atom stereocenters. The molecule has 2 aromatic heterocycles. The zero-order valence-electron chi connectivity index (χ0n) is 15.2. The summed E-state index contributed by atoms with van der Waals surface area (Å²) in [6.45, 7) is 4.55. The van der Waals surface area contributed by atoms with Crippen LogP contribution < -0.4 is 0 Å². The van der Waals surface area contributed by atoms with Crippen LogP contribution in [0.5, 0.6) is 0 Å². The minimum Gasteiger partial charge on any atom is -0.453 e. The Morgan fingerprint density at radius 2 is 2.11 bits per heavy atom. The van der Waals surface area contributed by atoms with Gasteiger partial charge in [0.15, 0.2) is 11.5 Å². The zero-order valence-corrected chi connectivity index (χ0v) is 15.2. The van der Waals surface area contributed by atoms with Crippen LogP contribution in [0, 0.1) is 6.92 Å². The monoisotopic (exact) mass is 368 g/mol. The Labute approximate surface area is 155 Å². The van der Waals surface area contributed by atoms with Gasteiger partial charge in [-0.25, -0.2) is 4.68 Å². The summed E-state index contributed by atoms with van der Waals surface area (Å²) in [6.07, 6.45) is 0.0843. The number of aliphatic hydroxyl groups is 1. The number of hydrogen-bond acceptors (Lipinski definition) is 6. The highest BCUT2D eigenvalue weighted by Gasteiger charge is 2.27. The van der Waals surface area contributed by atoms with E-state index in [1.54, 1.807) is 9.58 Å². The van der Waals surface area contributed by atoms with Gasteiger partial charge in [0.25, 0.3) is 0 Å². The number of ketones is 1. The molecule has 1 N–H and O–H groups in total. The van der Waals surface area contributed by atoms with Crippen molar-refractivity contribution in [3.05, 3.63) is 46.5 Å². The molecule has 1 aromatic carbocycles. The first kappa shape index (κ1) is 17.4. The van der Waals surface area contributed by atoms with Crippen LogP contribution in [0.3, 0.4) is 0 Å². The summed E-state index contributed by atoms with van der Waals surface area (Å²) < 4.78 is 7.45. The van der Waals surface area contributed by atoms with E-state index in [1.807, 2.05) is 25.1 Å². The maximum absolute atomic E-state index is 12.9. The lowest BCUT2D eigenvalue weighted by Crippen LogP contribution is -2.39. The van der Waals surface area contributed by atoms with E-state index in [-0.39, 0.29) is 30.5 Å². The fourth-order valence-corrected chi connectivity index (χ4v) is 3.51. The highest BCUT2D eigenvalue weighted by molar-refractivity contribution is 6.01. The topological polar surface area (TPSA) is 101 Å². The van der Waals surface area contributed by atoms with Gasteiger partial charge in [0.05, 0.1) is 31.8 Å². The van der Waals surface area contributed by atoms with Gasteiger partial charge in [-0.3, -0.25) is 9.59 Å². The summed E-state index contributed by atoms with van der Waals surface area (Å²) >= 11 is 0. The number of rotatable bonds is 4. The van der Waals surface area contributed by atoms with Gasteiger partial charge < -0.3 is 14.4 Å². The molecule has 0 saturated heterocycles. The molecular formula is C19H20N4O4. The number of Topliss-reactive ketones (excluding diaryl/α,β-unsaturated/α-hetero) is 1. The second-order valence-corrected chi connectivity index (χ2v) is 6.82. The van der Waals surface area contributed by atoms with E-state index in [1.165, 1.54) is 6.92 Å². The normalized spacial score (nSPS) is 13.8. The molecule has 1 aliphatic rings. The highest BCUT2D eigenvalue weighted by Crippen LogP contribution is 2.28. The van der Waals surface area contributed by atoms with Crippen LogP contribution in [-0.2, 0) is 30.9 Å². The van der Waals surface area contributed by atoms with Gasteiger partial charge in [0.1, 0.15) is 11.3 Å². The lowest BCUT2D eigenvalue weighted by Gasteiger charge is -2.27. The molecule has 0 radical (unpaired) electrons. The van der Waals surface area contributed by atoms with Crippen molar-refractivity contribution < 1.29 is 19.1 Å². The quantitative estimate of drug-likeness (QED) is 0.702. The van der Waals surface area contributed by atoms with Crippen LogP contribution in [0.15, 0.2) is 22.6 Å². The molecule has 4 rings (SSSR count). The Kier molecular flexibility index (Phi) is 4.27. The van der Waals surface area contributed by atoms with E-state index >= 15 is 0 Å². The second kappa shape index (κ2) is 6.62. The molecule has 0 fully saturated rings. The molecular weight excluding hydrogens is 348 g/mol. The van der Waals surface area contributed by atoms with Gasteiger partial charge in [-0.05, 0) is 18.6 Å². The van der Waals surface area contributed by atoms with Crippen LogP contribution in [0.25, 0.3) is 11.0 Å². The van der Waals surface area contributed by atoms with Crippen LogP contribution in [0.1, 0.15) is 40.0 Å². The Morgan fingerprint density at radius 3 is 2.85 bits per heavy atom. The van der Waals surface area contributed by atoms with Crippen molar-refractivity contribution in [1.29, 1.82) is 0 Å². The Morgan fingerprint density at radius 1 is 1.30 bits per heavy atom. The summed E-state index contributed by atoms with van der Waals surface area (Å²) in [6, 6.07) is 5.70. The fourth-order valence-electron chi connectivity index (χ4n) is 3.51. The third-order valence-electron chi connectivity index (χ3n) is 4.94. The molecule has 3 heterocycles. The van der Waals surface area contributed by atoms with Gasteiger partial charge >= 0.3 is 0 Å². The molecule has 27 heavy (non-hydrogen) atoms. The maximum Gasteiger partial charge on any atom is 0.227 e. The first-order valence-corrected chi connectivity index (χ1v) is 8.80. The van der Waals surface area contributed by atoms with Crippen molar-refractivity contribution in [2.75, 3.05) is 6.54 Å². The lowest BCUT2D eigenvalue weighted by atomic mass is 10.0. The lowest BCUT2D eigenvalue weighted by molar-refractivity contribution is -0.132. The third-order valence-corrected chi connectivity index (χ3v) is 4.94. The number of amides is 1. The summed E-state index contributed by atoms with van der Waals surface area (Å²) in [5.74, 6) is -0.0593. The van der Waals surface area contributed by atoms with Crippen molar-refractivity contribution in [1.82, 2.24) is 19.9 Å². The number of hydrogen-bond donors (Lipinski definition) is 1. The number of nitrogens with zero attached hydrogens (tertiary/aromatic N) is 4. The average molecular weight is 368 g/mol. The maximum atomic E-state index is 12.9. The predicted molar refractivity (Wildman–Crippen MR) is 96.0 cm³/mol. The standard InChI is InChI=1S/C19H20N4O4/c1-11-3-4-13-14(19(12(2)25)27-17(13)7-11)8-18(26)22-5-6-23-16(9-22)15(10-24)20-21-23/h3-4,7,24H,5-6,8-10H2,1-2H3. The predicted octanol–water partition coefficient (Wildman–Crippen LogP) is 1.61. The largest absolute Gasteiger partial charge is 0.453 e. The minimum absolute atomic E-state index is 0.0843. The van der Waals surface area contributed by atoms with E-state index in [9.17, 15) is 14.7 Å². The minimum atomic E-state index is -0.211. The SMILES string of the molecule is CC(=O)c1oc2cc(C)ccc2c1CC(=O)N1CCn2nnc(CO)c2C1. The molecule has 1 amide bonds. The number of aromatic nitrogens is 3. The Balaban J connectivity index is 1.63. The van der Waals surface area contributed by atoms with Gasteiger partial charge in [0, 0.05) is 24.4 Å². The summed E-state index contributed by atoms with van der Waals surface area (Å²) in [4.78, 5) is 26.7. The van der Waals surface area contributed by atoms with Gasteiger partial charge in [-0.1, -0.05) is 17.3 Å². The zero-order chi connectivity index (χ0) is 19.1. The number of aryl methyl sites for hydroxylation is 1. The van der Waals surface area contributed by atoms with Gasteiger partial charge in [-0.15, -0.1) is 5.10 Å². The first-order valence-electron chi connectivity index (χ1n) is 8.80. The molecule has 0 unspecified atom stereocenters. The molecule has 140 valence electrons. The third kappa shape index (κ3) is 3.02. The van der Waals surface area contributed by atoms with E-state index in [0.29, 0.717) is 36.5 Å². The number of furan rings is 1. The van der Waals surface area contributed by atoms with Crippen molar-refractivity contribution in [2.45, 2.75) is 40.0 Å². The van der Waals surface area contributed by atoms with E-state index in [0.717, 1.165) is 16.6 Å². The Hall–Kier alpha value is -3.00. The molecule has 0 aliphatic carbocycles. The fraction of sp³-hybridized carbons (Fsp3) is 0.368. The van der Waals surface area contributed by atoms with Crippen molar-refractivity contribution in [3.8, 4) is 0 Å². The van der Waals surface area contributed by atoms with E-state index < -0.39 is 0 Å². The summed E-state index contributed by atoms with van der Waals surface area (Å²) in [5, 5.41) is 18.1. The first-order chi connectivity index (χ1) is 13.0. The van der Waals surface area contributed by atoms with Crippen LogP contribution in [0.4, 0.5) is 0 Å². The van der Waals surface area contributed by atoms with Crippen LogP contribution >= 0.6 is 0 Å². The molecule has 0 saturated carbocycles. The number of carbonyl (C=O) groups is 2. The number of benzene rings is 1. The Bertz CT molecular complexity index is 1040. The van der Waals surface area contributed by atoms with E-state index in [2.05, 4.69) is 10.3 Å². The summed E-state index contributed by atoms with van der Waals surface area (Å²) in [7, 11) is 0. The summed E-state index contributed by atoms with van der Waals surface area (Å²) in [5.41, 5.74) is 3.50. The van der Waals surface area contributed by atoms with E-state index in [4.69, 9.17) is 4.42 Å².